The summed E-state index contributed by atoms with van der Waals surface area (Å²) in [6.45, 7) is 3.84. The number of aliphatic hydroxyl groups excluding tert-OH is 1. The fraction of sp³-hybridized carbons (Fsp3) is 0.455. The summed E-state index contributed by atoms with van der Waals surface area (Å²) in [5, 5.41) is 12.6. The molecule has 1 unspecified atom stereocenters. The van der Waals surface area contributed by atoms with Gasteiger partial charge in [-0.15, -0.1) is 0 Å². The molecule has 15 heavy (non-hydrogen) atoms. The molecule has 1 atom stereocenters. The van der Waals surface area contributed by atoms with Crippen molar-refractivity contribution in [3.8, 4) is 0 Å². The van der Waals surface area contributed by atoms with Crippen LogP contribution in [-0.2, 0) is 0 Å². The maximum absolute atomic E-state index is 13.1. The van der Waals surface area contributed by atoms with Crippen molar-refractivity contribution >= 4 is 11.6 Å². The quantitative estimate of drug-likeness (QED) is 0.835. The van der Waals surface area contributed by atoms with Gasteiger partial charge < -0.3 is 10.4 Å². The van der Waals surface area contributed by atoms with Gasteiger partial charge in [-0.1, -0.05) is 25.4 Å². The lowest BCUT2D eigenvalue weighted by atomic mass is 10.1. The van der Waals surface area contributed by atoms with Crippen LogP contribution in [0.15, 0.2) is 18.2 Å². The van der Waals surface area contributed by atoms with E-state index in [0.29, 0.717) is 10.6 Å². The van der Waals surface area contributed by atoms with Crippen LogP contribution in [0.4, 0.5) is 4.39 Å². The van der Waals surface area contributed by atoms with Crippen molar-refractivity contribution in [2.45, 2.75) is 25.9 Å². The van der Waals surface area contributed by atoms with Crippen molar-refractivity contribution in [1.82, 2.24) is 5.32 Å². The van der Waals surface area contributed by atoms with Gasteiger partial charge in [0.1, 0.15) is 5.82 Å². The third-order valence-electron chi connectivity index (χ3n) is 2.00. The molecule has 0 bridgehead atoms. The normalized spacial score (nSPS) is 13.2. The number of nitrogens with one attached hydrogen (secondary N) is 1. The first-order valence-electron chi connectivity index (χ1n) is 4.86. The van der Waals surface area contributed by atoms with E-state index in [1.54, 1.807) is 6.07 Å². The molecule has 84 valence electrons. The first-order valence-corrected chi connectivity index (χ1v) is 5.23. The molecule has 1 rings (SSSR count). The van der Waals surface area contributed by atoms with Gasteiger partial charge in [-0.05, 0) is 23.8 Å². The summed E-state index contributed by atoms with van der Waals surface area (Å²) < 4.78 is 13.1. The molecule has 4 heteroatoms. The largest absolute Gasteiger partial charge is 0.394 e. The standard InChI is InChI=1S/C11H15ClFNO/c1-7(2)14-11(6-15)8-3-9(12)5-10(13)4-8/h3-5,7,11,14-15H,6H2,1-2H3. The zero-order valence-corrected chi connectivity index (χ0v) is 9.55. The van der Waals surface area contributed by atoms with Gasteiger partial charge in [0.15, 0.2) is 0 Å². The summed E-state index contributed by atoms with van der Waals surface area (Å²) in [5.74, 6) is -0.387. The summed E-state index contributed by atoms with van der Waals surface area (Å²) in [6, 6.07) is 4.21. The van der Waals surface area contributed by atoms with Gasteiger partial charge >= 0.3 is 0 Å². The third kappa shape index (κ3) is 3.78. The van der Waals surface area contributed by atoms with Gasteiger partial charge in [-0.2, -0.15) is 0 Å². The minimum Gasteiger partial charge on any atom is -0.394 e. The van der Waals surface area contributed by atoms with Crippen LogP contribution in [0.3, 0.4) is 0 Å². The predicted octanol–water partition coefficient (Wildman–Crippen LogP) is 2.51. The number of benzene rings is 1. The topological polar surface area (TPSA) is 32.3 Å². The van der Waals surface area contributed by atoms with Gasteiger partial charge in [0.2, 0.25) is 0 Å². The summed E-state index contributed by atoms with van der Waals surface area (Å²) in [7, 11) is 0. The predicted molar refractivity (Wildman–Crippen MR) is 59.5 cm³/mol. The SMILES string of the molecule is CC(C)NC(CO)c1cc(F)cc(Cl)c1. The molecule has 0 aromatic heterocycles. The van der Waals surface area contributed by atoms with Crippen LogP contribution in [-0.4, -0.2) is 17.8 Å². The van der Waals surface area contributed by atoms with Crippen LogP contribution in [0.25, 0.3) is 0 Å². The van der Waals surface area contributed by atoms with Crippen molar-refractivity contribution < 1.29 is 9.50 Å². The monoisotopic (exact) mass is 231 g/mol. The molecule has 0 aliphatic carbocycles. The highest BCUT2D eigenvalue weighted by Gasteiger charge is 2.12. The van der Waals surface area contributed by atoms with E-state index in [4.69, 9.17) is 11.6 Å². The number of rotatable bonds is 4. The van der Waals surface area contributed by atoms with Crippen molar-refractivity contribution in [3.63, 3.8) is 0 Å². The van der Waals surface area contributed by atoms with E-state index in [-0.39, 0.29) is 24.5 Å². The number of aliphatic hydroxyl groups is 1. The van der Waals surface area contributed by atoms with E-state index in [9.17, 15) is 9.50 Å². The van der Waals surface area contributed by atoms with Crippen LogP contribution in [0.5, 0.6) is 0 Å². The Morgan fingerprint density at radius 2 is 2.07 bits per heavy atom. The van der Waals surface area contributed by atoms with Gasteiger partial charge in [-0.3, -0.25) is 0 Å². The lowest BCUT2D eigenvalue weighted by molar-refractivity contribution is 0.237. The Hall–Kier alpha value is -0.640. The highest BCUT2D eigenvalue weighted by atomic mass is 35.5. The Kier molecular flexibility index (Phi) is 4.51. The molecular formula is C11H15ClFNO. The van der Waals surface area contributed by atoms with E-state index in [0.717, 1.165) is 0 Å². The van der Waals surface area contributed by atoms with Gasteiger partial charge in [0.05, 0.1) is 12.6 Å². The maximum atomic E-state index is 13.1. The minimum atomic E-state index is -0.387. The van der Waals surface area contributed by atoms with Crippen molar-refractivity contribution in [2.75, 3.05) is 6.61 Å². The zero-order chi connectivity index (χ0) is 11.4. The molecule has 0 fully saturated rings. The second-order valence-corrected chi connectivity index (χ2v) is 4.20. The fourth-order valence-corrected chi connectivity index (χ4v) is 1.66. The molecule has 1 aromatic rings. The summed E-state index contributed by atoms with van der Waals surface area (Å²) in [4.78, 5) is 0. The molecule has 0 amide bonds. The van der Waals surface area contributed by atoms with E-state index >= 15 is 0 Å². The lowest BCUT2D eigenvalue weighted by Crippen LogP contribution is -2.30. The average Bonchev–Trinajstić information content (AvgIpc) is 2.12. The Morgan fingerprint density at radius 1 is 1.40 bits per heavy atom. The Balaban J connectivity index is 2.91. The molecule has 2 N–H and O–H groups in total. The van der Waals surface area contributed by atoms with Gasteiger partial charge in [0.25, 0.3) is 0 Å². The molecule has 0 radical (unpaired) electrons. The van der Waals surface area contributed by atoms with Crippen LogP contribution in [0.2, 0.25) is 5.02 Å². The Bertz CT molecular complexity index is 310. The van der Waals surface area contributed by atoms with Gasteiger partial charge in [-0.25, -0.2) is 4.39 Å². The van der Waals surface area contributed by atoms with Crippen LogP contribution in [0.1, 0.15) is 25.5 Å². The summed E-state index contributed by atoms with van der Waals surface area (Å²) >= 11 is 5.74. The van der Waals surface area contributed by atoms with E-state index in [1.807, 2.05) is 13.8 Å². The first-order chi connectivity index (χ1) is 7.02. The van der Waals surface area contributed by atoms with Gasteiger partial charge in [0, 0.05) is 11.1 Å². The highest BCUT2D eigenvalue weighted by molar-refractivity contribution is 6.30. The van der Waals surface area contributed by atoms with E-state index < -0.39 is 0 Å². The highest BCUT2D eigenvalue weighted by Crippen LogP contribution is 2.20. The number of hydrogen-bond acceptors (Lipinski definition) is 2. The maximum Gasteiger partial charge on any atom is 0.125 e. The zero-order valence-electron chi connectivity index (χ0n) is 8.80. The summed E-state index contributed by atoms with van der Waals surface area (Å²) in [6.07, 6.45) is 0. The number of halogens is 2. The third-order valence-corrected chi connectivity index (χ3v) is 2.22. The van der Waals surface area contributed by atoms with Crippen molar-refractivity contribution in [3.05, 3.63) is 34.6 Å². The molecule has 0 spiro atoms. The molecule has 0 saturated carbocycles. The van der Waals surface area contributed by atoms with E-state index in [2.05, 4.69) is 5.32 Å². The fourth-order valence-electron chi connectivity index (χ4n) is 1.43. The summed E-state index contributed by atoms with van der Waals surface area (Å²) in [5.41, 5.74) is 0.663. The van der Waals surface area contributed by atoms with Crippen molar-refractivity contribution in [2.24, 2.45) is 0 Å². The first kappa shape index (κ1) is 12.4. The Morgan fingerprint density at radius 3 is 2.53 bits per heavy atom. The Labute approximate surface area is 94.1 Å². The van der Waals surface area contributed by atoms with Crippen LogP contribution in [0, 0.1) is 5.82 Å². The van der Waals surface area contributed by atoms with E-state index in [1.165, 1.54) is 12.1 Å². The molecule has 2 nitrogen and oxygen atoms in total. The molecule has 0 aliphatic heterocycles. The van der Waals surface area contributed by atoms with Crippen LogP contribution >= 0.6 is 11.6 Å². The second kappa shape index (κ2) is 5.45. The number of hydrogen-bond donors (Lipinski definition) is 2. The smallest absolute Gasteiger partial charge is 0.125 e. The molecule has 0 saturated heterocycles. The van der Waals surface area contributed by atoms with Crippen molar-refractivity contribution in [1.29, 1.82) is 0 Å². The lowest BCUT2D eigenvalue weighted by Gasteiger charge is -2.19. The molecule has 1 aromatic carbocycles. The molecular weight excluding hydrogens is 217 g/mol. The average molecular weight is 232 g/mol. The molecule has 0 heterocycles. The minimum absolute atomic E-state index is 0.0854. The molecule has 0 aliphatic rings. The second-order valence-electron chi connectivity index (χ2n) is 3.76. The van der Waals surface area contributed by atoms with Crippen LogP contribution < -0.4 is 5.32 Å².